The van der Waals surface area contributed by atoms with Crippen LogP contribution in [0.1, 0.15) is 49.6 Å². The van der Waals surface area contributed by atoms with Gasteiger partial charge in [0.1, 0.15) is 5.75 Å². The molecule has 2 rings (SSSR count). The molecule has 0 aliphatic carbocycles. The summed E-state index contributed by atoms with van der Waals surface area (Å²) in [5.74, 6) is 0.495. The van der Waals surface area contributed by atoms with Crippen LogP contribution in [0.4, 0.5) is 13.2 Å². The lowest BCUT2D eigenvalue weighted by atomic mass is 10.1. The molecule has 10 heteroatoms. The number of rotatable bonds is 10. The molecule has 1 aromatic carbocycles. The van der Waals surface area contributed by atoms with Gasteiger partial charge in [-0.2, -0.15) is 4.98 Å². The molecular weight excluding hydrogens is 379 g/mol. The number of aliphatic hydroxyl groups excluding tert-OH is 1. The van der Waals surface area contributed by atoms with Crippen LogP contribution < -0.4 is 10.1 Å². The van der Waals surface area contributed by atoms with Gasteiger partial charge >= 0.3 is 6.36 Å². The zero-order chi connectivity index (χ0) is 20.6. The van der Waals surface area contributed by atoms with Crippen LogP contribution in [0, 0.1) is 0 Å². The van der Waals surface area contributed by atoms with Gasteiger partial charge in [0.2, 0.25) is 11.8 Å². The highest BCUT2D eigenvalue weighted by Crippen LogP contribution is 2.24. The Labute approximate surface area is 159 Å². The number of carbonyl (C=O) groups excluding carboxylic acids is 1. The molecule has 1 heterocycles. The fraction of sp³-hybridized carbons (Fsp3) is 0.500. The van der Waals surface area contributed by atoms with Crippen molar-refractivity contribution in [3.63, 3.8) is 0 Å². The summed E-state index contributed by atoms with van der Waals surface area (Å²) in [6, 6.07) is 4.82. The summed E-state index contributed by atoms with van der Waals surface area (Å²) in [4.78, 5) is 16.1. The predicted octanol–water partition coefficient (Wildman–Crippen LogP) is 3.09. The molecule has 1 unspecified atom stereocenters. The number of ether oxygens (including phenoxy) is 1. The van der Waals surface area contributed by atoms with Crippen LogP contribution in [0.15, 0.2) is 28.8 Å². The number of halogens is 3. The maximum absolute atomic E-state index is 12.1. The van der Waals surface area contributed by atoms with E-state index >= 15 is 0 Å². The van der Waals surface area contributed by atoms with E-state index in [-0.39, 0.29) is 24.6 Å². The van der Waals surface area contributed by atoms with Crippen molar-refractivity contribution in [2.45, 2.75) is 51.5 Å². The summed E-state index contributed by atoms with van der Waals surface area (Å²) >= 11 is 0. The van der Waals surface area contributed by atoms with Gasteiger partial charge in [0.05, 0.1) is 6.10 Å². The van der Waals surface area contributed by atoms with Crippen LogP contribution in [0.25, 0.3) is 0 Å². The third kappa shape index (κ3) is 7.55. The Balaban J connectivity index is 1.69. The Morgan fingerprint density at radius 1 is 1.29 bits per heavy atom. The van der Waals surface area contributed by atoms with Gasteiger partial charge in [-0.15, -0.1) is 13.2 Å². The largest absolute Gasteiger partial charge is 0.573 e. The molecule has 0 radical (unpaired) electrons. The Bertz CT molecular complexity index is 747. The molecular formula is C18H22F3N3O4. The monoisotopic (exact) mass is 401 g/mol. The lowest BCUT2D eigenvalue weighted by Gasteiger charge is -2.13. The minimum atomic E-state index is -4.77. The Kier molecular flexibility index (Phi) is 7.80. The number of aliphatic hydroxyl groups is 1. The molecule has 1 aromatic heterocycles. The first kappa shape index (κ1) is 21.7. The zero-order valence-electron chi connectivity index (χ0n) is 15.3. The van der Waals surface area contributed by atoms with Crippen molar-refractivity contribution in [1.29, 1.82) is 0 Å². The molecule has 1 amide bonds. The van der Waals surface area contributed by atoms with E-state index in [0.29, 0.717) is 30.1 Å². The standard InChI is InChI=1S/C18H22F3N3O4/c1-2-4-15-23-17(28-24-15)6-3-5-16(26)22-11-14(25)12-7-9-13(10-8-12)27-18(19,20)21/h7-10,14,25H,2-6,11H2,1H3,(H,22,26). The highest BCUT2D eigenvalue weighted by Gasteiger charge is 2.31. The summed E-state index contributed by atoms with van der Waals surface area (Å²) in [6.45, 7) is 1.96. The number of nitrogens with one attached hydrogen (secondary N) is 1. The van der Waals surface area contributed by atoms with Gasteiger partial charge in [-0.05, 0) is 30.5 Å². The van der Waals surface area contributed by atoms with Crippen LogP contribution in [0.2, 0.25) is 0 Å². The van der Waals surface area contributed by atoms with Crippen LogP contribution in [0.3, 0.4) is 0 Å². The molecule has 0 aliphatic rings. The molecule has 0 saturated carbocycles. The van der Waals surface area contributed by atoms with Crippen molar-refractivity contribution < 1.29 is 32.3 Å². The molecule has 2 aromatic rings. The van der Waals surface area contributed by atoms with Gasteiger partial charge in [-0.25, -0.2) is 0 Å². The fourth-order valence-corrected chi connectivity index (χ4v) is 2.43. The summed E-state index contributed by atoms with van der Waals surface area (Å²) in [5.41, 5.74) is 0.365. The van der Waals surface area contributed by atoms with E-state index in [0.717, 1.165) is 25.0 Å². The molecule has 0 bridgehead atoms. The van der Waals surface area contributed by atoms with E-state index in [1.165, 1.54) is 12.1 Å². The average molecular weight is 401 g/mol. The van der Waals surface area contributed by atoms with Crippen LogP contribution in [-0.4, -0.2) is 34.1 Å². The number of benzene rings is 1. The minimum absolute atomic E-state index is 0.0560. The number of aryl methyl sites for hydroxylation is 2. The Hall–Kier alpha value is -2.62. The van der Waals surface area contributed by atoms with Crippen molar-refractivity contribution in [2.24, 2.45) is 0 Å². The van der Waals surface area contributed by atoms with Gasteiger partial charge in [0, 0.05) is 25.8 Å². The summed E-state index contributed by atoms with van der Waals surface area (Å²) < 4.78 is 45.2. The van der Waals surface area contributed by atoms with E-state index in [4.69, 9.17) is 4.52 Å². The Morgan fingerprint density at radius 2 is 2.00 bits per heavy atom. The second-order valence-electron chi connectivity index (χ2n) is 6.14. The van der Waals surface area contributed by atoms with Crippen molar-refractivity contribution >= 4 is 5.91 Å². The molecule has 28 heavy (non-hydrogen) atoms. The Morgan fingerprint density at radius 3 is 2.64 bits per heavy atom. The second-order valence-corrected chi connectivity index (χ2v) is 6.14. The number of aromatic nitrogens is 2. The average Bonchev–Trinajstić information content (AvgIpc) is 3.07. The van der Waals surface area contributed by atoms with Crippen LogP contribution in [-0.2, 0) is 17.6 Å². The SMILES string of the molecule is CCCc1noc(CCCC(=O)NCC(O)c2ccc(OC(F)(F)F)cc2)n1. The molecule has 2 N–H and O–H groups in total. The zero-order valence-corrected chi connectivity index (χ0v) is 15.3. The van der Waals surface area contributed by atoms with Crippen molar-refractivity contribution in [3.05, 3.63) is 41.5 Å². The van der Waals surface area contributed by atoms with Crippen molar-refractivity contribution in [2.75, 3.05) is 6.54 Å². The van der Waals surface area contributed by atoms with Gasteiger partial charge in [-0.1, -0.05) is 24.2 Å². The molecule has 0 spiro atoms. The summed E-state index contributed by atoms with van der Waals surface area (Å²) in [6.07, 6.45) is -2.94. The number of nitrogens with zero attached hydrogens (tertiary/aromatic N) is 2. The smallest absolute Gasteiger partial charge is 0.406 e. The second kappa shape index (κ2) is 10.1. The van der Waals surface area contributed by atoms with Gasteiger partial charge in [0.15, 0.2) is 5.82 Å². The van der Waals surface area contributed by atoms with Crippen LogP contribution in [0.5, 0.6) is 5.75 Å². The summed E-state index contributed by atoms with van der Waals surface area (Å²) in [5, 5.41) is 16.4. The molecule has 0 aliphatic heterocycles. The number of hydrogen-bond donors (Lipinski definition) is 2. The predicted molar refractivity (Wildman–Crippen MR) is 92.3 cm³/mol. The number of alkyl halides is 3. The molecule has 0 saturated heterocycles. The highest BCUT2D eigenvalue weighted by molar-refractivity contribution is 5.75. The third-order valence-corrected chi connectivity index (χ3v) is 3.77. The molecule has 1 atom stereocenters. The van der Waals surface area contributed by atoms with Gasteiger partial charge < -0.3 is 19.7 Å². The third-order valence-electron chi connectivity index (χ3n) is 3.77. The fourth-order valence-electron chi connectivity index (χ4n) is 2.43. The van der Waals surface area contributed by atoms with Crippen molar-refractivity contribution in [3.8, 4) is 5.75 Å². The highest BCUT2D eigenvalue weighted by atomic mass is 19.4. The first-order valence-corrected chi connectivity index (χ1v) is 8.88. The van der Waals surface area contributed by atoms with Crippen LogP contribution >= 0.6 is 0 Å². The molecule has 7 nitrogen and oxygen atoms in total. The first-order valence-electron chi connectivity index (χ1n) is 8.88. The number of amides is 1. The van der Waals surface area contributed by atoms with Gasteiger partial charge in [-0.3, -0.25) is 4.79 Å². The first-order chi connectivity index (χ1) is 13.3. The van der Waals surface area contributed by atoms with Crippen molar-refractivity contribution in [1.82, 2.24) is 15.5 Å². The minimum Gasteiger partial charge on any atom is -0.406 e. The van der Waals surface area contributed by atoms with E-state index < -0.39 is 12.5 Å². The molecule has 154 valence electrons. The maximum atomic E-state index is 12.1. The normalized spacial score (nSPS) is 12.6. The summed E-state index contributed by atoms with van der Waals surface area (Å²) in [7, 11) is 0. The van der Waals surface area contributed by atoms with E-state index in [1.54, 1.807) is 0 Å². The number of hydrogen-bond acceptors (Lipinski definition) is 6. The quantitative estimate of drug-likeness (QED) is 0.635. The molecule has 0 fully saturated rings. The lowest BCUT2D eigenvalue weighted by Crippen LogP contribution is -2.28. The van der Waals surface area contributed by atoms with Gasteiger partial charge in [0.25, 0.3) is 0 Å². The van der Waals surface area contributed by atoms with E-state index in [1.807, 2.05) is 6.92 Å². The van der Waals surface area contributed by atoms with E-state index in [9.17, 15) is 23.1 Å². The maximum Gasteiger partial charge on any atom is 0.573 e. The number of carbonyl (C=O) groups is 1. The lowest BCUT2D eigenvalue weighted by molar-refractivity contribution is -0.274. The topological polar surface area (TPSA) is 97.5 Å². The van der Waals surface area contributed by atoms with E-state index in [2.05, 4.69) is 20.2 Å².